The van der Waals surface area contributed by atoms with Gasteiger partial charge in [0.25, 0.3) is 5.91 Å². The molecule has 2 rings (SSSR count). The van der Waals surface area contributed by atoms with Gasteiger partial charge in [-0.25, -0.2) is 8.78 Å². The van der Waals surface area contributed by atoms with Gasteiger partial charge in [-0.05, 0) is 18.6 Å². The summed E-state index contributed by atoms with van der Waals surface area (Å²) in [7, 11) is 1.28. The average Bonchev–Trinajstić information content (AvgIpc) is 2.91. The first-order valence-electron chi connectivity index (χ1n) is 5.95. The van der Waals surface area contributed by atoms with Gasteiger partial charge in [-0.2, -0.15) is 0 Å². The van der Waals surface area contributed by atoms with Crippen molar-refractivity contribution in [2.45, 2.75) is 6.42 Å². The molecule has 1 atom stereocenters. The molecule has 0 N–H and O–H groups in total. The number of benzene rings is 1. The molecule has 0 bridgehead atoms. The number of halogens is 3. The SMILES string of the molecule is COC(=O)C1CCN(C(=O)c2cc(F)c(F)cc2Cl)C1. The molecule has 1 heterocycles. The highest BCUT2D eigenvalue weighted by atomic mass is 35.5. The van der Waals surface area contributed by atoms with Crippen LogP contribution in [0.3, 0.4) is 0 Å². The van der Waals surface area contributed by atoms with Gasteiger partial charge in [0.05, 0.1) is 23.6 Å². The Labute approximate surface area is 119 Å². The first kappa shape index (κ1) is 14.7. The van der Waals surface area contributed by atoms with Crippen molar-refractivity contribution in [3.63, 3.8) is 0 Å². The van der Waals surface area contributed by atoms with E-state index in [4.69, 9.17) is 11.6 Å². The standard InChI is InChI=1S/C13H12ClF2NO3/c1-20-13(19)7-2-3-17(6-7)12(18)8-4-10(15)11(16)5-9(8)14/h4-5,7H,2-3,6H2,1H3. The topological polar surface area (TPSA) is 46.6 Å². The number of amides is 1. The number of nitrogens with zero attached hydrogens (tertiary/aromatic N) is 1. The van der Waals surface area contributed by atoms with E-state index in [1.165, 1.54) is 12.0 Å². The number of rotatable bonds is 2. The quantitative estimate of drug-likeness (QED) is 0.622. The van der Waals surface area contributed by atoms with Crippen LogP contribution in [0.4, 0.5) is 8.78 Å². The van der Waals surface area contributed by atoms with Crippen molar-refractivity contribution in [1.29, 1.82) is 0 Å². The monoisotopic (exact) mass is 303 g/mol. The van der Waals surface area contributed by atoms with Crippen LogP contribution in [0, 0.1) is 17.6 Å². The summed E-state index contributed by atoms with van der Waals surface area (Å²) in [5.41, 5.74) is -0.115. The fourth-order valence-corrected chi connectivity index (χ4v) is 2.39. The molecular formula is C13H12ClF2NO3. The number of likely N-dealkylation sites (tertiary alicyclic amines) is 1. The molecule has 20 heavy (non-hydrogen) atoms. The number of ether oxygens (including phenoxy) is 1. The van der Waals surface area contributed by atoms with Crippen LogP contribution in [0.5, 0.6) is 0 Å². The molecule has 1 aromatic rings. The van der Waals surface area contributed by atoms with E-state index in [2.05, 4.69) is 4.74 Å². The Morgan fingerprint density at radius 2 is 2.00 bits per heavy atom. The van der Waals surface area contributed by atoms with Crippen molar-refractivity contribution in [1.82, 2.24) is 4.90 Å². The first-order valence-corrected chi connectivity index (χ1v) is 6.33. The minimum Gasteiger partial charge on any atom is -0.469 e. The van der Waals surface area contributed by atoms with Crippen LogP contribution >= 0.6 is 11.6 Å². The molecule has 1 aliphatic heterocycles. The summed E-state index contributed by atoms with van der Waals surface area (Å²) in [6.45, 7) is 0.523. The molecule has 0 aliphatic carbocycles. The van der Waals surface area contributed by atoms with Gasteiger partial charge in [-0.1, -0.05) is 11.6 Å². The van der Waals surface area contributed by atoms with E-state index >= 15 is 0 Å². The Kier molecular flexibility index (Phi) is 4.23. The first-order chi connectivity index (χ1) is 9.43. The maximum Gasteiger partial charge on any atom is 0.310 e. The van der Waals surface area contributed by atoms with E-state index in [0.717, 1.165) is 12.1 Å². The maximum absolute atomic E-state index is 13.2. The van der Waals surface area contributed by atoms with E-state index < -0.39 is 29.4 Å². The zero-order chi connectivity index (χ0) is 14.9. The number of esters is 1. The fourth-order valence-electron chi connectivity index (χ4n) is 2.16. The van der Waals surface area contributed by atoms with Gasteiger partial charge in [0, 0.05) is 13.1 Å². The fraction of sp³-hybridized carbons (Fsp3) is 0.385. The van der Waals surface area contributed by atoms with Crippen molar-refractivity contribution in [3.05, 3.63) is 34.4 Å². The highest BCUT2D eigenvalue weighted by Gasteiger charge is 2.33. The van der Waals surface area contributed by atoms with Gasteiger partial charge in [-0.3, -0.25) is 9.59 Å². The molecule has 1 aromatic carbocycles. The number of hydrogen-bond donors (Lipinski definition) is 0. The lowest BCUT2D eigenvalue weighted by atomic mass is 10.1. The predicted octanol–water partition coefficient (Wildman–Crippen LogP) is 2.25. The zero-order valence-corrected chi connectivity index (χ0v) is 11.4. The molecule has 0 radical (unpaired) electrons. The number of carbonyl (C=O) groups is 2. The molecule has 0 spiro atoms. The zero-order valence-electron chi connectivity index (χ0n) is 10.7. The van der Waals surface area contributed by atoms with Crippen LogP contribution in [-0.2, 0) is 9.53 Å². The molecule has 1 unspecified atom stereocenters. The average molecular weight is 304 g/mol. The Morgan fingerprint density at radius 3 is 2.65 bits per heavy atom. The summed E-state index contributed by atoms with van der Waals surface area (Å²) in [6, 6.07) is 1.53. The van der Waals surface area contributed by atoms with Gasteiger partial charge >= 0.3 is 5.97 Å². The maximum atomic E-state index is 13.2. The lowest BCUT2D eigenvalue weighted by Crippen LogP contribution is -2.30. The number of hydrogen-bond acceptors (Lipinski definition) is 3. The molecule has 0 saturated carbocycles. The molecule has 0 aromatic heterocycles. The molecule has 1 saturated heterocycles. The van der Waals surface area contributed by atoms with Gasteiger partial charge in [0.2, 0.25) is 0 Å². The van der Waals surface area contributed by atoms with Crippen LogP contribution in [0.1, 0.15) is 16.8 Å². The van der Waals surface area contributed by atoms with Gasteiger partial charge in [-0.15, -0.1) is 0 Å². The van der Waals surface area contributed by atoms with Crippen LogP contribution in [0.15, 0.2) is 12.1 Å². The second-order valence-corrected chi connectivity index (χ2v) is 4.91. The highest BCUT2D eigenvalue weighted by molar-refractivity contribution is 6.33. The van der Waals surface area contributed by atoms with Crippen molar-refractivity contribution >= 4 is 23.5 Å². The predicted molar refractivity (Wildman–Crippen MR) is 67.4 cm³/mol. The molecule has 1 aliphatic rings. The van der Waals surface area contributed by atoms with Gasteiger partial charge in [0.15, 0.2) is 11.6 Å². The Balaban J connectivity index is 2.17. The number of carbonyl (C=O) groups excluding carboxylic acids is 2. The second kappa shape index (κ2) is 5.75. The van der Waals surface area contributed by atoms with E-state index in [1.807, 2.05) is 0 Å². The summed E-state index contributed by atoms with van der Waals surface area (Å²) >= 11 is 5.76. The Hall–Kier alpha value is -1.69. The van der Waals surface area contributed by atoms with Gasteiger partial charge < -0.3 is 9.64 Å². The Bertz CT molecular complexity index is 565. The van der Waals surface area contributed by atoms with E-state index in [-0.39, 0.29) is 17.1 Å². The highest BCUT2D eigenvalue weighted by Crippen LogP contribution is 2.25. The van der Waals surface area contributed by atoms with Crippen molar-refractivity contribution < 1.29 is 23.1 Å². The lowest BCUT2D eigenvalue weighted by Gasteiger charge is -2.17. The van der Waals surface area contributed by atoms with Crippen molar-refractivity contribution in [2.75, 3.05) is 20.2 Å². The van der Waals surface area contributed by atoms with Crippen LogP contribution in [0.2, 0.25) is 5.02 Å². The molecule has 108 valence electrons. The van der Waals surface area contributed by atoms with Crippen LogP contribution < -0.4 is 0 Å². The normalized spacial score (nSPS) is 18.2. The smallest absolute Gasteiger partial charge is 0.310 e. The molecule has 7 heteroatoms. The largest absolute Gasteiger partial charge is 0.469 e. The minimum absolute atomic E-state index is 0.115. The minimum atomic E-state index is -1.14. The Morgan fingerprint density at radius 1 is 1.35 bits per heavy atom. The molecular weight excluding hydrogens is 292 g/mol. The summed E-state index contributed by atoms with van der Waals surface area (Å²) in [5.74, 6) is -3.56. The van der Waals surface area contributed by atoms with Crippen LogP contribution in [0.25, 0.3) is 0 Å². The third-order valence-electron chi connectivity index (χ3n) is 3.25. The summed E-state index contributed by atoms with van der Waals surface area (Å²) in [6.07, 6.45) is 0.472. The second-order valence-electron chi connectivity index (χ2n) is 4.51. The number of methoxy groups -OCH3 is 1. The third kappa shape index (κ3) is 2.75. The molecule has 4 nitrogen and oxygen atoms in total. The van der Waals surface area contributed by atoms with Crippen molar-refractivity contribution in [3.8, 4) is 0 Å². The summed E-state index contributed by atoms with van der Waals surface area (Å²) in [4.78, 5) is 25.0. The van der Waals surface area contributed by atoms with E-state index in [9.17, 15) is 18.4 Å². The van der Waals surface area contributed by atoms with Gasteiger partial charge in [0.1, 0.15) is 0 Å². The van der Waals surface area contributed by atoms with Crippen LogP contribution in [-0.4, -0.2) is 37.0 Å². The summed E-state index contributed by atoms with van der Waals surface area (Å²) < 4.78 is 30.8. The lowest BCUT2D eigenvalue weighted by molar-refractivity contribution is -0.144. The molecule has 1 amide bonds. The summed E-state index contributed by atoms with van der Waals surface area (Å²) in [5, 5.41) is -0.157. The third-order valence-corrected chi connectivity index (χ3v) is 3.56. The van der Waals surface area contributed by atoms with E-state index in [1.54, 1.807) is 0 Å². The van der Waals surface area contributed by atoms with Crippen molar-refractivity contribution in [2.24, 2.45) is 5.92 Å². The van der Waals surface area contributed by atoms with E-state index in [0.29, 0.717) is 13.0 Å². The molecule has 1 fully saturated rings.